The Morgan fingerprint density at radius 3 is 2.70 bits per heavy atom. The van der Waals surface area contributed by atoms with Crippen LogP contribution in [0.1, 0.15) is 44.0 Å². The Morgan fingerprint density at radius 1 is 1.40 bits per heavy atom. The van der Waals surface area contributed by atoms with Crippen molar-refractivity contribution in [1.29, 1.82) is 0 Å². The van der Waals surface area contributed by atoms with Gasteiger partial charge in [0.15, 0.2) is 0 Å². The number of nitrogens with one attached hydrogen (secondary N) is 2. The molecule has 2 amide bonds. The predicted octanol–water partition coefficient (Wildman–Crippen LogP) is 1.29. The van der Waals surface area contributed by atoms with Crippen LogP contribution in [0.25, 0.3) is 0 Å². The van der Waals surface area contributed by atoms with Gasteiger partial charge in [-0.25, -0.2) is 0 Å². The average molecular weight is 278 g/mol. The molecular weight excluding hydrogens is 256 g/mol. The van der Waals surface area contributed by atoms with Crippen molar-refractivity contribution in [2.45, 2.75) is 39.2 Å². The third-order valence-corrected chi connectivity index (χ3v) is 2.70. The van der Waals surface area contributed by atoms with Crippen LogP contribution in [0.3, 0.4) is 0 Å². The fourth-order valence-electron chi connectivity index (χ4n) is 1.85. The Hall–Kier alpha value is -2.11. The van der Waals surface area contributed by atoms with Crippen LogP contribution in [0, 0.1) is 0 Å². The van der Waals surface area contributed by atoms with Crippen molar-refractivity contribution in [3.05, 3.63) is 24.0 Å². The normalized spacial score (nSPS) is 10.9. The molecule has 0 saturated heterocycles. The first-order valence-electron chi connectivity index (χ1n) is 6.64. The largest absolute Gasteiger partial charge is 0.383 e. The van der Waals surface area contributed by atoms with Crippen LogP contribution in [0.15, 0.2) is 18.5 Å². The molecule has 1 aromatic rings. The van der Waals surface area contributed by atoms with Crippen molar-refractivity contribution >= 4 is 17.5 Å². The number of hydrogen-bond acceptors (Lipinski definition) is 4. The molecule has 1 rings (SSSR count). The summed E-state index contributed by atoms with van der Waals surface area (Å²) in [5.41, 5.74) is 5.68. The summed E-state index contributed by atoms with van der Waals surface area (Å²) >= 11 is 0. The zero-order chi connectivity index (χ0) is 15.2. The summed E-state index contributed by atoms with van der Waals surface area (Å²) in [6.07, 6.45) is 4.21. The quantitative estimate of drug-likeness (QED) is 0.700. The Morgan fingerprint density at radius 2 is 2.10 bits per heavy atom. The molecule has 0 spiro atoms. The van der Waals surface area contributed by atoms with Crippen molar-refractivity contribution in [3.8, 4) is 0 Å². The fourth-order valence-corrected chi connectivity index (χ4v) is 1.85. The van der Waals surface area contributed by atoms with Gasteiger partial charge in [-0.1, -0.05) is 6.92 Å². The van der Waals surface area contributed by atoms with E-state index in [1.54, 1.807) is 32.3 Å². The third-order valence-electron chi connectivity index (χ3n) is 2.70. The lowest BCUT2D eigenvalue weighted by atomic mass is 9.99. The molecule has 0 aromatic carbocycles. The topological polar surface area (TPSA) is 97.1 Å². The zero-order valence-corrected chi connectivity index (χ0v) is 12.2. The van der Waals surface area contributed by atoms with E-state index < -0.39 is 11.4 Å². The number of nitrogens with two attached hydrogens (primary N) is 1. The number of rotatable bonds is 7. The van der Waals surface area contributed by atoms with Crippen molar-refractivity contribution < 1.29 is 9.59 Å². The number of anilines is 1. The van der Waals surface area contributed by atoms with Gasteiger partial charge >= 0.3 is 0 Å². The fraction of sp³-hybridized carbons (Fsp3) is 0.500. The maximum Gasteiger partial charge on any atom is 0.253 e. The van der Waals surface area contributed by atoms with Crippen molar-refractivity contribution in [1.82, 2.24) is 10.3 Å². The molecule has 4 N–H and O–H groups in total. The summed E-state index contributed by atoms with van der Waals surface area (Å²) in [6.45, 7) is 6.32. The van der Waals surface area contributed by atoms with Crippen molar-refractivity contribution in [2.75, 3.05) is 11.9 Å². The van der Waals surface area contributed by atoms with Gasteiger partial charge in [0.25, 0.3) is 5.91 Å². The van der Waals surface area contributed by atoms with E-state index in [0.717, 1.165) is 13.0 Å². The van der Waals surface area contributed by atoms with Crippen LogP contribution in [-0.4, -0.2) is 28.9 Å². The van der Waals surface area contributed by atoms with E-state index in [1.165, 1.54) is 0 Å². The molecule has 0 saturated carbocycles. The van der Waals surface area contributed by atoms with Gasteiger partial charge in [0.1, 0.15) is 0 Å². The van der Waals surface area contributed by atoms with Crippen LogP contribution >= 0.6 is 0 Å². The van der Waals surface area contributed by atoms with E-state index >= 15 is 0 Å². The lowest BCUT2D eigenvalue weighted by Gasteiger charge is -2.25. The highest BCUT2D eigenvalue weighted by Crippen LogP contribution is 2.16. The van der Waals surface area contributed by atoms with E-state index in [2.05, 4.69) is 15.6 Å². The number of carbonyl (C=O) groups excluding carboxylic acids is 2. The van der Waals surface area contributed by atoms with Gasteiger partial charge in [-0.05, 0) is 26.3 Å². The second-order valence-electron chi connectivity index (χ2n) is 5.33. The standard InChI is InChI=1S/C14H22N4O2/c1-4-6-17-11-9-16-7-5-10(11)13(20)18-14(2,3)8-12(15)19/h5,7,9,17H,4,6,8H2,1-3H3,(H2,15,19)(H,18,20). The highest BCUT2D eigenvalue weighted by atomic mass is 16.2. The van der Waals surface area contributed by atoms with Crippen LogP contribution in [-0.2, 0) is 4.79 Å². The molecular formula is C14H22N4O2. The number of pyridine rings is 1. The summed E-state index contributed by atoms with van der Waals surface area (Å²) in [5.74, 6) is -0.702. The maximum atomic E-state index is 12.3. The third kappa shape index (κ3) is 4.87. The minimum Gasteiger partial charge on any atom is -0.383 e. The first-order valence-corrected chi connectivity index (χ1v) is 6.64. The smallest absolute Gasteiger partial charge is 0.253 e. The lowest BCUT2D eigenvalue weighted by Crippen LogP contribution is -2.46. The molecule has 0 aliphatic carbocycles. The van der Waals surface area contributed by atoms with Crippen LogP contribution < -0.4 is 16.4 Å². The number of hydrogen-bond donors (Lipinski definition) is 3. The Bertz CT molecular complexity index is 486. The molecule has 6 nitrogen and oxygen atoms in total. The van der Waals surface area contributed by atoms with E-state index in [-0.39, 0.29) is 12.3 Å². The Kier molecular flexibility index (Phi) is 5.49. The van der Waals surface area contributed by atoms with Crippen LogP contribution in [0.4, 0.5) is 5.69 Å². The SMILES string of the molecule is CCCNc1cnccc1C(=O)NC(C)(C)CC(N)=O. The van der Waals surface area contributed by atoms with Crippen LogP contribution in [0.2, 0.25) is 0 Å². The number of carbonyl (C=O) groups is 2. The minimum atomic E-state index is -0.686. The first-order chi connectivity index (χ1) is 9.35. The molecule has 0 aliphatic rings. The number of aromatic nitrogens is 1. The second-order valence-corrected chi connectivity index (χ2v) is 5.33. The molecule has 1 aromatic heterocycles. The molecule has 20 heavy (non-hydrogen) atoms. The molecule has 0 aliphatic heterocycles. The highest BCUT2D eigenvalue weighted by molar-refractivity contribution is 6.00. The van der Waals surface area contributed by atoms with Gasteiger partial charge in [-0.2, -0.15) is 0 Å². The van der Waals surface area contributed by atoms with E-state index in [4.69, 9.17) is 5.73 Å². The molecule has 0 atom stereocenters. The lowest BCUT2D eigenvalue weighted by molar-refractivity contribution is -0.119. The molecule has 0 unspecified atom stereocenters. The average Bonchev–Trinajstić information content (AvgIpc) is 2.34. The summed E-state index contributed by atoms with van der Waals surface area (Å²) in [4.78, 5) is 27.3. The van der Waals surface area contributed by atoms with Gasteiger partial charge in [-0.15, -0.1) is 0 Å². The summed E-state index contributed by atoms with van der Waals surface area (Å²) < 4.78 is 0. The first kappa shape index (κ1) is 15.9. The molecule has 6 heteroatoms. The van der Waals surface area contributed by atoms with Gasteiger partial charge in [-0.3, -0.25) is 14.6 Å². The number of nitrogens with zero attached hydrogens (tertiary/aromatic N) is 1. The maximum absolute atomic E-state index is 12.3. The molecule has 1 heterocycles. The van der Waals surface area contributed by atoms with E-state index in [0.29, 0.717) is 11.3 Å². The monoisotopic (exact) mass is 278 g/mol. The van der Waals surface area contributed by atoms with Gasteiger partial charge in [0.05, 0.1) is 17.4 Å². The molecule has 0 fully saturated rings. The molecule has 0 radical (unpaired) electrons. The summed E-state index contributed by atoms with van der Waals surface area (Å²) in [5, 5.41) is 5.97. The minimum absolute atomic E-state index is 0.0849. The van der Waals surface area contributed by atoms with Crippen molar-refractivity contribution in [3.63, 3.8) is 0 Å². The van der Waals surface area contributed by atoms with Gasteiger partial charge < -0.3 is 16.4 Å². The van der Waals surface area contributed by atoms with Gasteiger partial charge in [0, 0.05) is 24.7 Å². The predicted molar refractivity (Wildman–Crippen MR) is 78.4 cm³/mol. The van der Waals surface area contributed by atoms with E-state index in [9.17, 15) is 9.59 Å². The van der Waals surface area contributed by atoms with Crippen molar-refractivity contribution in [2.24, 2.45) is 5.73 Å². The van der Waals surface area contributed by atoms with E-state index in [1.807, 2.05) is 6.92 Å². The summed E-state index contributed by atoms with van der Waals surface area (Å²) in [7, 11) is 0. The molecule has 110 valence electrons. The second kappa shape index (κ2) is 6.88. The number of primary amides is 1. The summed E-state index contributed by atoms with van der Waals surface area (Å²) in [6, 6.07) is 1.65. The zero-order valence-electron chi connectivity index (χ0n) is 12.2. The molecule has 0 bridgehead atoms. The Labute approximate surface area is 119 Å². The van der Waals surface area contributed by atoms with Crippen LogP contribution in [0.5, 0.6) is 0 Å². The number of amides is 2. The van der Waals surface area contributed by atoms with Gasteiger partial charge in [0.2, 0.25) is 5.91 Å². The highest BCUT2D eigenvalue weighted by Gasteiger charge is 2.24. The Balaban J connectivity index is 2.84.